The van der Waals surface area contributed by atoms with Crippen molar-refractivity contribution < 1.29 is 5.21 Å². The van der Waals surface area contributed by atoms with E-state index in [1.165, 1.54) is 0 Å². The summed E-state index contributed by atoms with van der Waals surface area (Å²) in [6, 6.07) is 9.54. The zero-order valence-corrected chi connectivity index (χ0v) is 6.57. The molecule has 0 spiro atoms. The minimum Gasteiger partial charge on any atom is -0.428 e. The molecular weight excluding hydrogens is 150 g/mol. The zero-order chi connectivity index (χ0) is 8.55. The highest BCUT2D eigenvalue weighted by atomic mass is 16.5. The Kier molecular flexibility index (Phi) is 1.40. The zero-order valence-electron chi connectivity index (χ0n) is 6.57. The summed E-state index contributed by atoms with van der Waals surface area (Å²) in [5.74, 6) is 0. The lowest BCUT2D eigenvalue weighted by molar-refractivity contribution is 0.198. The number of para-hydroxylation sites is 1. The Morgan fingerprint density at radius 1 is 1.33 bits per heavy atom. The van der Waals surface area contributed by atoms with Crippen LogP contribution in [-0.2, 0) is 0 Å². The Labute approximate surface area is 70.3 Å². The maximum absolute atomic E-state index is 9.53. The van der Waals surface area contributed by atoms with E-state index in [2.05, 4.69) is 6.58 Å². The van der Waals surface area contributed by atoms with Crippen LogP contribution in [0.15, 0.2) is 36.9 Å². The molecule has 0 aliphatic rings. The quantitative estimate of drug-likeness (QED) is 0.635. The third kappa shape index (κ3) is 0.815. The van der Waals surface area contributed by atoms with E-state index in [9.17, 15) is 5.21 Å². The highest BCUT2D eigenvalue weighted by Gasteiger charge is 2.02. The Hall–Kier alpha value is -1.70. The van der Waals surface area contributed by atoms with Crippen LogP contribution in [0.2, 0.25) is 0 Å². The molecule has 1 heterocycles. The van der Waals surface area contributed by atoms with Crippen LogP contribution in [0.4, 0.5) is 0 Å². The average molecular weight is 159 g/mol. The first-order valence-electron chi connectivity index (χ1n) is 3.75. The molecule has 0 saturated carbocycles. The summed E-state index contributed by atoms with van der Waals surface area (Å²) < 4.78 is 1.14. The molecule has 1 aromatic heterocycles. The van der Waals surface area contributed by atoms with Crippen molar-refractivity contribution in [1.29, 1.82) is 0 Å². The Morgan fingerprint density at radius 2 is 2.08 bits per heavy atom. The van der Waals surface area contributed by atoms with Crippen molar-refractivity contribution in [3.8, 4) is 0 Å². The van der Waals surface area contributed by atoms with Gasteiger partial charge in [0.1, 0.15) is 0 Å². The van der Waals surface area contributed by atoms with E-state index < -0.39 is 0 Å². The van der Waals surface area contributed by atoms with Gasteiger partial charge in [-0.15, -0.1) is 0 Å². The molecule has 2 aromatic rings. The van der Waals surface area contributed by atoms with E-state index in [4.69, 9.17) is 0 Å². The molecule has 2 heteroatoms. The van der Waals surface area contributed by atoms with E-state index >= 15 is 0 Å². The molecule has 0 unspecified atom stereocenters. The highest BCUT2D eigenvalue weighted by Crippen LogP contribution is 2.18. The second kappa shape index (κ2) is 2.41. The topological polar surface area (TPSA) is 25.2 Å². The summed E-state index contributed by atoms with van der Waals surface area (Å²) in [6.45, 7) is 3.61. The predicted molar refractivity (Wildman–Crippen MR) is 49.2 cm³/mol. The van der Waals surface area contributed by atoms with Gasteiger partial charge in [-0.3, -0.25) is 0 Å². The Bertz CT molecular complexity index is 428. The van der Waals surface area contributed by atoms with Crippen LogP contribution in [0.25, 0.3) is 17.0 Å². The van der Waals surface area contributed by atoms with Crippen molar-refractivity contribution in [2.24, 2.45) is 0 Å². The maximum Gasteiger partial charge on any atom is 0.0872 e. The largest absolute Gasteiger partial charge is 0.428 e. The molecule has 0 aliphatic heterocycles. The number of rotatable bonds is 1. The smallest absolute Gasteiger partial charge is 0.0872 e. The van der Waals surface area contributed by atoms with Gasteiger partial charge in [0.05, 0.1) is 11.2 Å². The lowest BCUT2D eigenvalue weighted by Gasteiger charge is -1.95. The van der Waals surface area contributed by atoms with Crippen LogP contribution < -0.4 is 0 Å². The van der Waals surface area contributed by atoms with Crippen LogP contribution in [0.5, 0.6) is 0 Å². The summed E-state index contributed by atoms with van der Waals surface area (Å²) in [6.07, 6.45) is 1.62. The number of fused-ring (bicyclic) bond motifs is 1. The molecule has 0 atom stereocenters. The van der Waals surface area contributed by atoms with E-state index in [-0.39, 0.29) is 0 Å². The van der Waals surface area contributed by atoms with Gasteiger partial charge in [-0.25, -0.2) is 0 Å². The van der Waals surface area contributed by atoms with Gasteiger partial charge in [0.25, 0.3) is 0 Å². The van der Waals surface area contributed by atoms with Crippen molar-refractivity contribution in [2.45, 2.75) is 0 Å². The summed E-state index contributed by atoms with van der Waals surface area (Å²) >= 11 is 0. The molecule has 2 nitrogen and oxygen atoms in total. The monoisotopic (exact) mass is 159 g/mol. The van der Waals surface area contributed by atoms with Gasteiger partial charge in [0.15, 0.2) is 0 Å². The number of hydrogen-bond donors (Lipinski definition) is 1. The molecule has 60 valence electrons. The van der Waals surface area contributed by atoms with E-state index in [1.807, 2.05) is 30.3 Å². The molecule has 0 radical (unpaired) electrons. The number of aromatic nitrogens is 1. The minimum atomic E-state index is 0.719. The first-order valence-corrected chi connectivity index (χ1v) is 3.75. The molecular formula is C10H9NO. The first-order chi connectivity index (χ1) is 5.83. The normalized spacial score (nSPS) is 10.3. The number of nitrogens with zero attached hydrogens (tertiary/aromatic N) is 1. The van der Waals surface area contributed by atoms with Gasteiger partial charge in [0, 0.05) is 5.39 Å². The van der Waals surface area contributed by atoms with Crippen LogP contribution in [0, 0.1) is 0 Å². The molecule has 1 N–H and O–H groups in total. The van der Waals surface area contributed by atoms with Crippen molar-refractivity contribution in [1.82, 2.24) is 4.73 Å². The molecule has 0 fully saturated rings. The minimum absolute atomic E-state index is 0.719. The third-order valence-electron chi connectivity index (χ3n) is 1.92. The van der Waals surface area contributed by atoms with Crippen LogP contribution in [-0.4, -0.2) is 9.94 Å². The molecule has 12 heavy (non-hydrogen) atoms. The van der Waals surface area contributed by atoms with Gasteiger partial charge < -0.3 is 5.21 Å². The summed E-state index contributed by atoms with van der Waals surface area (Å²) in [7, 11) is 0. The molecule has 0 bridgehead atoms. The molecule has 0 aliphatic carbocycles. The summed E-state index contributed by atoms with van der Waals surface area (Å²) in [4.78, 5) is 0. The SMILES string of the molecule is C=Cc1cc2ccccc2n1O. The molecule has 1 aromatic carbocycles. The fraction of sp³-hybridized carbons (Fsp3) is 0. The maximum atomic E-state index is 9.53. The van der Waals surface area contributed by atoms with Gasteiger partial charge in [-0.1, -0.05) is 24.8 Å². The van der Waals surface area contributed by atoms with E-state index in [1.54, 1.807) is 6.08 Å². The van der Waals surface area contributed by atoms with Gasteiger partial charge in [-0.05, 0) is 18.2 Å². The summed E-state index contributed by atoms with van der Waals surface area (Å²) in [5.41, 5.74) is 1.53. The summed E-state index contributed by atoms with van der Waals surface area (Å²) in [5, 5.41) is 10.6. The van der Waals surface area contributed by atoms with Crippen LogP contribution in [0.3, 0.4) is 0 Å². The van der Waals surface area contributed by atoms with Gasteiger partial charge >= 0.3 is 0 Å². The van der Waals surface area contributed by atoms with Gasteiger partial charge in [0.2, 0.25) is 0 Å². The van der Waals surface area contributed by atoms with Crippen LogP contribution >= 0.6 is 0 Å². The third-order valence-corrected chi connectivity index (χ3v) is 1.92. The lowest BCUT2D eigenvalue weighted by Crippen LogP contribution is -1.90. The van der Waals surface area contributed by atoms with E-state index in [0.29, 0.717) is 0 Å². The number of benzene rings is 1. The number of hydrogen-bond acceptors (Lipinski definition) is 1. The van der Waals surface area contributed by atoms with Crippen LogP contribution in [0.1, 0.15) is 5.69 Å². The second-order valence-electron chi connectivity index (χ2n) is 2.64. The van der Waals surface area contributed by atoms with Crippen molar-refractivity contribution in [3.63, 3.8) is 0 Å². The molecule has 0 amide bonds. The van der Waals surface area contributed by atoms with Crippen molar-refractivity contribution >= 4 is 17.0 Å². The predicted octanol–water partition coefficient (Wildman–Crippen LogP) is 2.52. The van der Waals surface area contributed by atoms with Gasteiger partial charge in [-0.2, -0.15) is 4.73 Å². The Morgan fingerprint density at radius 3 is 2.75 bits per heavy atom. The first kappa shape index (κ1) is 6.98. The molecule has 0 saturated heterocycles. The second-order valence-corrected chi connectivity index (χ2v) is 2.64. The molecule has 2 rings (SSSR count). The van der Waals surface area contributed by atoms with E-state index in [0.717, 1.165) is 21.3 Å². The fourth-order valence-electron chi connectivity index (χ4n) is 1.31. The Balaban J connectivity index is 2.87. The van der Waals surface area contributed by atoms with Crippen molar-refractivity contribution in [3.05, 3.63) is 42.6 Å². The average Bonchev–Trinajstić information content (AvgIpc) is 2.44. The standard InChI is InChI=1S/C10H9NO/c1-2-9-7-8-5-3-4-6-10(8)11(9)12/h2-7,12H,1H2. The van der Waals surface area contributed by atoms with Crippen molar-refractivity contribution in [2.75, 3.05) is 0 Å². The highest BCUT2D eigenvalue weighted by molar-refractivity contribution is 5.82. The fourth-order valence-corrected chi connectivity index (χ4v) is 1.31. The lowest BCUT2D eigenvalue weighted by atomic mass is 10.2.